The fraction of sp³-hybridized carbons (Fsp3) is 0.0588. The van der Waals surface area contributed by atoms with Gasteiger partial charge in [-0.2, -0.15) is 8.42 Å². The van der Waals surface area contributed by atoms with Gasteiger partial charge in [0.25, 0.3) is 0 Å². The van der Waals surface area contributed by atoms with E-state index in [9.17, 15) is 8.42 Å². The van der Waals surface area contributed by atoms with E-state index >= 15 is 0 Å². The summed E-state index contributed by atoms with van der Waals surface area (Å²) in [4.78, 5) is 0.124. The average molecular weight is 313 g/mol. The van der Waals surface area contributed by atoms with Gasteiger partial charge in [-0.1, -0.05) is 42.0 Å². The molecule has 0 atom stereocenters. The zero-order valence-electron chi connectivity index (χ0n) is 12.0. The Kier molecular flexibility index (Phi) is 3.50. The lowest BCUT2D eigenvalue weighted by molar-refractivity contribution is 0.488. The van der Waals surface area contributed by atoms with Gasteiger partial charge in [0.2, 0.25) is 0 Å². The quantitative estimate of drug-likeness (QED) is 0.593. The summed E-state index contributed by atoms with van der Waals surface area (Å²) in [5, 5.41) is 1.43. The number of benzene rings is 3. The third kappa shape index (κ3) is 2.63. The van der Waals surface area contributed by atoms with E-state index in [0.29, 0.717) is 11.1 Å². The van der Waals surface area contributed by atoms with E-state index in [2.05, 4.69) is 0 Å². The number of fused-ring (bicyclic) bond motifs is 1. The van der Waals surface area contributed by atoms with Crippen molar-refractivity contribution in [1.29, 1.82) is 0 Å². The standard InChI is InChI=1S/C17H15NO3S/c1-12-8-10-13(11-9-12)22(19,20)21-17-7-3-4-14-15(17)5-2-6-16(14)18/h2-11H,18H2,1H3. The molecule has 0 unspecified atom stereocenters. The normalized spacial score (nSPS) is 11.5. The van der Waals surface area contributed by atoms with Crippen LogP contribution >= 0.6 is 0 Å². The lowest BCUT2D eigenvalue weighted by atomic mass is 10.1. The van der Waals surface area contributed by atoms with Crippen molar-refractivity contribution in [2.45, 2.75) is 11.8 Å². The Hall–Kier alpha value is -2.53. The van der Waals surface area contributed by atoms with Crippen LogP contribution in [0.1, 0.15) is 5.56 Å². The molecular weight excluding hydrogens is 298 g/mol. The van der Waals surface area contributed by atoms with Crippen LogP contribution in [0.5, 0.6) is 5.75 Å². The third-order valence-corrected chi connectivity index (χ3v) is 4.67. The molecule has 3 aromatic carbocycles. The van der Waals surface area contributed by atoms with Crippen molar-refractivity contribution in [3.8, 4) is 5.75 Å². The van der Waals surface area contributed by atoms with Crippen LogP contribution in [0.3, 0.4) is 0 Å². The molecule has 0 aliphatic heterocycles. The Morgan fingerprint density at radius 1 is 0.864 bits per heavy atom. The van der Waals surface area contributed by atoms with Crippen LogP contribution in [0.15, 0.2) is 65.6 Å². The van der Waals surface area contributed by atoms with E-state index in [0.717, 1.165) is 10.9 Å². The number of nitrogen functional groups attached to an aromatic ring is 1. The molecule has 22 heavy (non-hydrogen) atoms. The predicted octanol–water partition coefficient (Wildman–Crippen LogP) is 3.50. The Bertz CT molecular complexity index is 932. The number of aryl methyl sites for hydroxylation is 1. The fourth-order valence-electron chi connectivity index (χ4n) is 2.25. The minimum absolute atomic E-state index is 0.124. The van der Waals surface area contributed by atoms with Gasteiger partial charge in [-0.25, -0.2) is 0 Å². The highest BCUT2D eigenvalue weighted by atomic mass is 32.2. The highest BCUT2D eigenvalue weighted by Crippen LogP contribution is 2.31. The Morgan fingerprint density at radius 2 is 1.50 bits per heavy atom. The summed E-state index contributed by atoms with van der Waals surface area (Å²) in [5.41, 5.74) is 7.47. The first kappa shape index (κ1) is 14.4. The lowest BCUT2D eigenvalue weighted by Gasteiger charge is -2.10. The van der Waals surface area contributed by atoms with E-state index in [4.69, 9.17) is 9.92 Å². The van der Waals surface area contributed by atoms with E-state index in [-0.39, 0.29) is 10.6 Å². The van der Waals surface area contributed by atoms with Gasteiger partial charge >= 0.3 is 10.1 Å². The van der Waals surface area contributed by atoms with Crippen molar-refractivity contribution < 1.29 is 12.6 Å². The van der Waals surface area contributed by atoms with Crippen LogP contribution in [0, 0.1) is 6.92 Å². The van der Waals surface area contributed by atoms with Gasteiger partial charge in [-0.05, 0) is 31.2 Å². The van der Waals surface area contributed by atoms with Gasteiger partial charge in [-0.3, -0.25) is 0 Å². The zero-order chi connectivity index (χ0) is 15.7. The van der Waals surface area contributed by atoms with Crippen LogP contribution in [-0.2, 0) is 10.1 Å². The minimum atomic E-state index is -3.88. The molecule has 0 aromatic heterocycles. The van der Waals surface area contributed by atoms with Crippen LogP contribution in [0.4, 0.5) is 5.69 Å². The second-order valence-corrected chi connectivity index (χ2v) is 6.60. The summed E-state index contributed by atoms with van der Waals surface area (Å²) in [6.45, 7) is 1.89. The first-order valence-corrected chi connectivity index (χ1v) is 8.16. The summed E-state index contributed by atoms with van der Waals surface area (Å²) in [5.74, 6) is 0.269. The Labute approximate surface area is 129 Å². The van der Waals surface area contributed by atoms with Crippen LogP contribution in [0.25, 0.3) is 10.8 Å². The van der Waals surface area contributed by atoms with Crippen molar-refractivity contribution in [2.24, 2.45) is 0 Å². The van der Waals surface area contributed by atoms with Crippen molar-refractivity contribution in [2.75, 3.05) is 5.73 Å². The summed E-state index contributed by atoms with van der Waals surface area (Å²) in [7, 11) is -3.88. The van der Waals surface area contributed by atoms with Gasteiger partial charge in [0.15, 0.2) is 5.75 Å². The number of rotatable bonds is 3. The molecule has 0 saturated carbocycles. The largest absolute Gasteiger partial charge is 0.398 e. The topological polar surface area (TPSA) is 69.4 Å². The van der Waals surface area contributed by atoms with E-state index in [1.165, 1.54) is 12.1 Å². The average Bonchev–Trinajstić information content (AvgIpc) is 2.48. The molecular formula is C17H15NO3S. The monoisotopic (exact) mass is 313 g/mol. The molecule has 4 nitrogen and oxygen atoms in total. The molecule has 5 heteroatoms. The summed E-state index contributed by atoms with van der Waals surface area (Å²) < 4.78 is 30.1. The predicted molar refractivity (Wildman–Crippen MR) is 87.4 cm³/mol. The molecule has 0 amide bonds. The summed E-state index contributed by atoms with van der Waals surface area (Å²) >= 11 is 0. The van der Waals surface area contributed by atoms with Crippen molar-refractivity contribution in [1.82, 2.24) is 0 Å². The smallest absolute Gasteiger partial charge is 0.339 e. The highest BCUT2D eigenvalue weighted by Gasteiger charge is 2.18. The summed E-state index contributed by atoms with van der Waals surface area (Å²) in [6.07, 6.45) is 0. The van der Waals surface area contributed by atoms with E-state index in [1.807, 2.05) is 13.0 Å². The maximum Gasteiger partial charge on any atom is 0.339 e. The van der Waals surface area contributed by atoms with Gasteiger partial charge < -0.3 is 9.92 Å². The van der Waals surface area contributed by atoms with E-state index < -0.39 is 10.1 Å². The van der Waals surface area contributed by atoms with Crippen molar-refractivity contribution >= 4 is 26.6 Å². The second kappa shape index (κ2) is 5.35. The molecule has 0 heterocycles. The SMILES string of the molecule is Cc1ccc(S(=O)(=O)Oc2cccc3c(N)cccc23)cc1. The Balaban J connectivity index is 2.06. The van der Waals surface area contributed by atoms with Gasteiger partial charge in [0.05, 0.1) is 0 Å². The van der Waals surface area contributed by atoms with Crippen LogP contribution in [0.2, 0.25) is 0 Å². The summed E-state index contributed by atoms with van der Waals surface area (Å²) in [6, 6.07) is 17.0. The highest BCUT2D eigenvalue weighted by molar-refractivity contribution is 7.87. The van der Waals surface area contributed by atoms with Gasteiger partial charge in [0.1, 0.15) is 4.90 Å². The zero-order valence-corrected chi connectivity index (χ0v) is 12.8. The van der Waals surface area contributed by atoms with Gasteiger partial charge in [0, 0.05) is 16.5 Å². The number of hydrogen-bond acceptors (Lipinski definition) is 4. The lowest BCUT2D eigenvalue weighted by Crippen LogP contribution is -2.10. The van der Waals surface area contributed by atoms with Crippen LogP contribution in [-0.4, -0.2) is 8.42 Å². The minimum Gasteiger partial charge on any atom is -0.398 e. The molecule has 3 rings (SSSR count). The maximum atomic E-state index is 12.4. The molecule has 112 valence electrons. The molecule has 0 fully saturated rings. The van der Waals surface area contributed by atoms with Crippen LogP contribution < -0.4 is 9.92 Å². The maximum absolute atomic E-state index is 12.4. The number of hydrogen-bond donors (Lipinski definition) is 1. The first-order valence-electron chi connectivity index (χ1n) is 6.76. The molecule has 0 saturated heterocycles. The molecule has 2 N–H and O–H groups in total. The molecule has 0 bridgehead atoms. The van der Waals surface area contributed by atoms with Gasteiger partial charge in [-0.15, -0.1) is 0 Å². The third-order valence-electron chi connectivity index (χ3n) is 3.42. The molecule has 3 aromatic rings. The first-order chi connectivity index (χ1) is 10.5. The Morgan fingerprint density at radius 3 is 2.23 bits per heavy atom. The van der Waals surface area contributed by atoms with E-state index in [1.54, 1.807) is 42.5 Å². The fourth-order valence-corrected chi connectivity index (χ4v) is 3.20. The second-order valence-electron chi connectivity index (χ2n) is 5.05. The molecule has 0 radical (unpaired) electrons. The number of nitrogens with two attached hydrogens (primary N) is 1. The van der Waals surface area contributed by atoms with Crippen molar-refractivity contribution in [3.63, 3.8) is 0 Å². The number of anilines is 1. The molecule has 0 aliphatic rings. The van der Waals surface area contributed by atoms with Crippen molar-refractivity contribution in [3.05, 3.63) is 66.2 Å². The molecule has 0 spiro atoms. The molecule has 0 aliphatic carbocycles.